The maximum atomic E-state index is 12.0. The average molecular weight is 482 g/mol. The van der Waals surface area contributed by atoms with Crippen LogP contribution in [0.4, 0.5) is 0 Å². The molecule has 2 rings (SSSR count). The van der Waals surface area contributed by atoms with E-state index in [1.165, 1.54) is 0 Å². The predicted molar refractivity (Wildman–Crippen MR) is 120 cm³/mol. The number of nitrogens with zero attached hydrogens (tertiary/aromatic N) is 2. The topological polar surface area (TPSA) is 66.0 Å². The summed E-state index contributed by atoms with van der Waals surface area (Å²) < 4.78 is 5.18. The number of halogens is 1. The van der Waals surface area contributed by atoms with E-state index in [2.05, 4.69) is 15.6 Å². The van der Waals surface area contributed by atoms with Crippen molar-refractivity contribution in [2.24, 2.45) is 4.99 Å². The zero-order valence-corrected chi connectivity index (χ0v) is 18.3. The number of rotatable bonds is 7. The second-order valence-electron chi connectivity index (χ2n) is 5.80. The monoisotopic (exact) mass is 482 g/mol. The number of amides is 1. The second-order valence-corrected chi connectivity index (χ2v) is 5.80. The molecule has 0 aliphatic carbocycles. The Morgan fingerprint density at radius 1 is 1.04 bits per heavy atom. The molecule has 0 fully saturated rings. The highest BCUT2D eigenvalue weighted by atomic mass is 127. The highest BCUT2D eigenvalue weighted by molar-refractivity contribution is 14.0. The molecule has 2 aromatic rings. The van der Waals surface area contributed by atoms with Crippen LogP contribution in [0.15, 0.2) is 59.6 Å². The van der Waals surface area contributed by atoms with Gasteiger partial charge in [-0.1, -0.05) is 30.3 Å². The van der Waals surface area contributed by atoms with E-state index in [9.17, 15) is 4.79 Å². The first kappa shape index (κ1) is 22.8. The van der Waals surface area contributed by atoms with Gasteiger partial charge in [0.25, 0.3) is 5.91 Å². The van der Waals surface area contributed by atoms with Gasteiger partial charge in [-0.2, -0.15) is 0 Å². The predicted octanol–water partition coefficient (Wildman–Crippen LogP) is 2.75. The van der Waals surface area contributed by atoms with Crippen LogP contribution in [-0.2, 0) is 6.54 Å². The van der Waals surface area contributed by atoms with E-state index in [-0.39, 0.29) is 29.9 Å². The lowest BCUT2D eigenvalue weighted by molar-refractivity contribution is 0.0954. The molecule has 0 atom stereocenters. The Bertz CT molecular complexity index is 721. The fraction of sp³-hybridized carbons (Fsp3) is 0.300. The van der Waals surface area contributed by atoms with Crippen LogP contribution in [0.25, 0.3) is 0 Å². The summed E-state index contributed by atoms with van der Waals surface area (Å²) >= 11 is 0. The molecule has 0 bridgehead atoms. The number of carbonyl (C=O) groups excluding carboxylic acids is 1. The number of benzene rings is 2. The number of methoxy groups -OCH3 is 1. The van der Waals surface area contributed by atoms with E-state index in [4.69, 9.17) is 4.74 Å². The largest absolute Gasteiger partial charge is 0.497 e. The van der Waals surface area contributed by atoms with Crippen molar-refractivity contribution in [3.8, 4) is 5.75 Å². The molecule has 0 saturated heterocycles. The number of nitrogens with one attached hydrogen (secondary N) is 2. The quantitative estimate of drug-likeness (QED) is 0.276. The number of aliphatic imine (C=N–C) groups is 1. The molecular weight excluding hydrogens is 455 g/mol. The summed E-state index contributed by atoms with van der Waals surface area (Å²) in [6.07, 6.45) is 0. The van der Waals surface area contributed by atoms with Gasteiger partial charge in [-0.05, 0) is 29.8 Å². The minimum Gasteiger partial charge on any atom is -0.497 e. The minimum absolute atomic E-state index is 0. The van der Waals surface area contributed by atoms with Crippen molar-refractivity contribution in [2.45, 2.75) is 6.54 Å². The Balaban J connectivity index is 0.00000364. The smallest absolute Gasteiger partial charge is 0.251 e. The Hall–Kier alpha value is -2.29. The van der Waals surface area contributed by atoms with Gasteiger partial charge >= 0.3 is 0 Å². The molecule has 0 radical (unpaired) electrons. The molecule has 2 N–H and O–H groups in total. The van der Waals surface area contributed by atoms with Crippen molar-refractivity contribution in [1.29, 1.82) is 0 Å². The Labute approximate surface area is 178 Å². The number of hydrogen-bond donors (Lipinski definition) is 2. The van der Waals surface area contributed by atoms with Crippen LogP contribution in [0.1, 0.15) is 15.9 Å². The van der Waals surface area contributed by atoms with Crippen molar-refractivity contribution in [3.63, 3.8) is 0 Å². The summed E-state index contributed by atoms with van der Waals surface area (Å²) in [5.41, 5.74) is 1.82. The molecular formula is C20H27IN4O2. The van der Waals surface area contributed by atoms with Crippen molar-refractivity contribution in [2.75, 3.05) is 34.3 Å². The summed E-state index contributed by atoms with van der Waals surface area (Å²) in [6, 6.07) is 17.1. The van der Waals surface area contributed by atoms with E-state index in [1.807, 2.05) is 54.4 Å². The van der Waals surface area contributed by atoms with Gasteiger partial charge in [0.05, 0.1) is 7.11 Å². The lowest BCUT2D eigenvalue weighted by atomic mass is 10.2. The molecule has 0 aromatic heterocycles. The number of carbonyl (C=O) groups is 1. The first-order chi connectivity index (χ1) is 12.6. The minimum atomic E-state index is -0.0750. The molecule has 0 aliphatic rings. The van der Waals surface area contributed by atoms with E-state index in [0.29, 0.717) is 18.7 Å². The van der Waals surface area contributed by atoms with Gasteiger partial charge in [0.1, 0.15) is 5.75 Å². The van der Waals surface area contributed by atoms with E-state index >= 15 is 0 Å². The maximum Gasteiger partial charge on any atom is 0.251 e. The summed E-state index contributed by atoms with van der Waals surface area (Å²) in [4.78, 5) is 18.3. The Morgan fingerprint density at radius 3 is 2.26 bits per heavy atom. The summed E-state index contributed by atoms with van der Waals surface area (Å²) in [6.45, 7) is 1.83. The number of guanidine groups is 1. The summed E-state index contributed by atoms with van der Waals surface area (Å²) in [5.74, 6) is 1.54. The van der Waals surface area contributed by atoms with Crippen molar-refractivity contribution in [1.82, 2.24) is 15.5 Å². The highest BCUT2D eigenvalue weighted by Gasteiger charge is 2.07. The van der Waals surface area contributed by atoms with Crippen molar-refractivity contribution < 1.29 is 9.53 Å². The molecule has 0 heterocycles. The summed E-state index contributed by atoms with van der Waals surface area (Å²) in [7, 11) is 5.38. The fourth-order valence-corrected chi connectivity index (χ4v) is 2.51. The van der Waals surface area contributed by atoms with Gasteiger partial charge in [0.2, 0.25) is 0 Å². The normalized spacial score (nSPS) is 10.6. The van der Waals surface area contributed by atoms with Crippen molar-refractivity contribution >= 4 is 35.8 Å². The fourth-order valence-electron chi connectivity index (χ4n) is 2.51. The van der Waals surface area contributed by atoms with Crippen LogP contribution in [-0.4, -0.2) is 51.1 Å². The van der Waals surface area contributed by atoms with Crippen LogP contribution in [0, 0.1) is 0 Å². The molecule has 146 valence electrons. The standard InChI is InChI=1S/C20H26N4O2.HI/c1-21-20(24(2)15-16-9-11-18(26-3)12-10-16)23-14-13-22-19(25)17-7-5-4-6-8-17;/h4-12H,13-15H2,1-3H3,(H,21,23)(H,22,25);1H. The summed E-state index contributed by atoms with van der Waals surface area (Å²) in [5, 5.41) is 6.15. The molecule has 27 heavy (non-hydrogen) atoms. The average Bonchev–Trinajstić information content (AvgIpc) is 2.69. The van der Waals surface area contributed by atoms with E-state index < -0.39 is 0 Å². The molecule has 0 aliphatic heterocycles. The SMILES string of the molecule is CN=C(NCCNC(=O)c1ccccc1)N(C)Cc1ccc(OC)cc1.I. The van der Waals surface area contributed by atoms with Crippen LogP contribution in [0.2, 0.25) is 0 Å². The zero-order valence-electron chi connectivity index (χ0n) is 15.9. The third-order valence-electron chi connectivity index (χ3n) is 3.88. The Morgan fingerprint density at radius 2 is 1.67 bits per heavy atom. The zero-order chi connectivity index (χ0) is 18.8. The maximum absolute atomic E-state index is 12.0. The van der Waals surface area contributed by atoms with E-state index in [1.54, 1.807) is 26.3 Å². The molecule has 0 spiro atoms. The molecule has 0 saturated carbocycles. The molecule has 0 unspecified atom stereocenters. The van der Waals surface area contributed by atoms with Crippen LogP contribution >= 0.6 is 24.0 Å². The van der Waals surface area contributed by atoms with Gasteiger partial charge in [0.15, 0.2) is 5.96 Å². The second kappa shape index (κ2) is 12.2. The molecule has 7 heteroatoms. The van der Waals surface area contributed by atoms with Gasteiger partial charge in [-0.15, -0.1) is 24.0 Å². The first-order valence-corrected chi connectivity index (χ1v) is 8.52. The van der Waals surface area contributed by atoms with Gasteiger partial charge in [0, 0.05) is 39.3 Å². The van der Waals surface area contributed by atoms with Crippen LogP contribution < -0.4 is 15.4 Å². The molecule has 6 nitrogen and oxygen atoms in total. The van der Waals surface area contributed by atoms with Crippen LogP contribution in [0.3, 0.4) is 0 Å². The third kappa shape index (κ3) is 7.46. The lowest BCUT2D eigenvalue weighted by Crippen LogP contribution is -2.42. The Kier molecular flexibility index (Phi) is 10.2. The van der Waals surface area contributed by atoms with Crippen LogP contribution in [0.5, 0.6) is 5.75 Å². The first-order valence-electron chi connectivity index (χ1n) is 8.52. The number of hydrogen-bond acceptors (Lipinski definition) is 3. The third-order valence-corrected chi connectivity index (χ3v) is 3.88. The van der Waals surface area contributed by atoms with Gasteiger partial charge < -0.3 is 20.3 Å². The molecule has 1 amide bonds. The van der Waals surface area contributed by atoms with Gasteiger partial charge in [-0.25, -0.2) is 0 Å². The highest BCUT2D eigenvalue weighted by Crippen LogP contribution is 2.12. The lowest BCUT2D eigenvalue weighted by Gasteiger charge is -2.22. The number of ether oxygens (including phenoxy) is 1. The molecule has 2 aromatic carbocycles. The van der Waals surface area contributed by atoms with Crippen molar-refractivity contribution in [3.05, 3.63) is 65.7 Å². The van der Waals surface area contributed by atoms with Gasteiger partial charge in [-0.3, -0.25) is 9.79 Å². The van der Waals surface area contributed by atoms with E-state index in [0.717, 1.165) is 23.8 Å².